The molecule has 2 aromatic heterocycles. The van der Waals surface area contributed by atoms with Crippen LogP contribution in [0.2, 0.25) is 0 Å². The van der Waals surface area contributed by atoms with Crippen molar-refractivity contribution >= 4 is 11.3 Å². The Balaban J connectivity index is 1.51. The van der Waals surface area contributed by atoms with Crippen LogP contribution in [0.15, 0.2) is 17.8 Å². The number of ether oxygens (including phenoxy) is 1. The summed E-state index contributed by atoms with van der Waals surface area (Å²) < 4.78 is 7.91. The molecule has 23 heavy (non-hydrogen) atoms. The number of thiazole rings is 1. The Bertz CT molecular complexity index is 635. The van der Waals surface area contributed by atoms with E-state index < -0.39 is 0 Å². The zero-order valence-corrected chi connectivity index (χ0v) is 14.5. The van der Waals surface area contributed by atoms with Crippen molar-refractivity contribution in [3.8, 4) is 0 Å². The fourth-order valence-corrected chi connectivity index (χ4v) is 3.99. The first-order chi connectivity index (χ1) is 11.3. The van der Waals surface area contributed by atoms with Crippen molar-refractivity contribution in [2.45, 2.75) is 45.3 Å². The summed E-state index contributed by atoms with van der Waals surface area (Å²) in [6.45, 7) is 7.57. The van der Waals surface area contributed by atoms with E-state index in [9.17, 15) is 0 Å². The number of rotatable bonds is 7. The molecule has 1 fully saturated rings. The number of hydrogen-bond acceptors (Lipinski definition) is 5. The second-order valence-electron chi connectivity index (χ2n) is 6.65. The maximum atomic E-state index is 5.74. The summed E-state index contributed by atoms with van der Waals surface area (Å²) in [4.78, 5) is 6.88. The summed E-state index contributed by atoms with van der Waals surface area (Å²) in [5.74, 6) is 1.28. The summed E-state index contributed by atoms with van der Waals surface area (Å²) in [5.41, 5.74) is 2.63. The van der Waals surface area contributed by atoms with E-state index in [1.165, 1.54) is 29.1 Å². The third-order valence-corrected chi connectivity index (χ3v) is 5.43. The van der Waals surface area contributed by atoms with Gasteiger partial charge in [0.25, 0.3) is 0 Å². The van der Waals surface area contributed by atoms with Crippen molar-refractivity contribution in [3.05, 3.63) is 34.0 Å². The van der Waals surface area contributed by atoms with Crippen LogP contribution in [0.1, 0.15) is 41.9 Å². The molecule has 0 N–H and O–H groups in total. The van der Waals surface area contributed by atoms with Gasteiger partial charge in [-0.05, 0) is 25.7 Å². The van der Waals surface area contributed by atoms with Crippen molar-refractivity contribution in [2.75, 3.05) is 19.8 Å². The largest absolute Gasteiger partial charge is 0.381 e. The molecule has 124 valence electrons. The molecule has 1 aliphatic carbocycles. The van der Waals surface area contributed by atoms with Crippen molar-refractivity contribution in [3.63, 3.8) is 0 Å². The van der Waals surface area contributed by atoms with E-state index in [1.54, 1.807) is 11.3 Å². The highest BCUT2D eigenvalue weighted by Crippen LogP contribution is 2.33. The lowest BCUT2D eigenvalue weighted by Crippen LogP contribution is -2.34. The minimum Gasteiger partial charge on any atom is -0.381 e. The Labute approximate surface area is 141 Å². The fourth-order valence-electron chi connectivity index (χ4n) is 3.33. The van der Waals surface area contributed by atoms with Crippen LogP contribution in [-0.2, 0) is 24.4 Å². The summed E-state index contributed by atoms with van der Waals surface area (Å²) in [5, 5.41) is 8.10. The fraction of sp³-hybridized carbons (Fsp3) is 0.647. The molecule has 2 aromatic rings. The van der Waals surface area contributed by atoms with Gasteiger partial charge in [0, 0.05) is 55.5 Å². The van der Waals surface area contributed by atoms with Crippen LogP contribution in [0.4, 0.5) is 0 Å². The van der Waals surface area contributed by atoms with Crippen molar-refractivity contribution < 1.29 is 4.74 Å². The van der Waals surface area contributed by atoms with E-state index in [1.807, 2.05) is 11.6 Å². The number of nitrogens with zero attached hydrogens (tertiary/aromatic N) is 4. The molecule has 1 atom stereocenters. The maximum Gasteiger partial charge on any atom is 0.107 e. The van der Waals surface area contributed by atoms with Gasteiger partial charge in [-0.25, -0.2) is 4.98 Å². The van der Waals surface area contributed by atoms with Gasteiger partial charge in [0.05, 0.1) is 18.8 Å². The molecule has 1 saturated carbocycles. The molecule has 0 aromatic carbocycles. The minimum absolute atomic E-state index is 0.423. The predicted molar refractivity (Wildman–Crippen MR) is 90.4 cm³/mol. The zero-order chi connectivity index (χ0) is 15.6. The van der Waals surface area contributed by atoms with Gasteiger partial charge in [-0.1, -0.05) is 0 Å². The molecule has 0 unspecified atom stereocenters. The monoisotopic (exact) mass is 332 g/mol. The molecule has 0 bridgehead atoms. The Kier molecular flexibility index (Phi) is 4.46. The first kappa shape index (κ1) is 15.3. The van der Waals surface area contributed by atoms with Gasteiger partial charge in [-0.3, -0.25) is 9.58 Å². The standard InChI is InChI=1S/C17H24N4OS/c1-2-22-12-14-8-20(11-17-18-5-6-23-17)10-16-15(14)9-21(19-16)7-13-3-4-13/h5-6,9,13-14H,2-4,7-8,10-12H2,1H3/t14-/m0/s1. The number of hydrogen-bond donors (Lipinski definition) is 0. The lowest BCUT2D eigenvalue weighted by atomic mass is 9.96. The summed E-state index contributed by atoms with van der Waals surface area (Å²) in [6.07, 6.45) is 6.89. The van der Waals surface area contributed by atoms with Crippen LogP contribution in [0.5, 0.6) is 0 Å². The molecular weight excluding hydrogens is 308 g/mol. The predicted octanol–water partition coefficient (Wildman–Crippen LogP) is 2.89. The highest BCUT2D eigenvalue weighted by Gasteiger charge is 2.30. The molecule has 5 nitrogen and oxygen atoms in total. The van der Waals surface area contributed by atoms with Gasteiger partial charge < -0.3 is 4.74 Å². The zero-order valence-electron chi connectivity index (χ0n) is 13.6. The van der Waals surface area contributed by atoms with Crippen LogP contribution < -0.4 is 0 Å². The second-order valence-corrected chi connectivity index (χ2v) is 7.63. The maximum absolute atomic E-state index is 5.74. The second kappa shape index (κ2) is 6.71. The van der Waals surface area contributed by atoms with Crippen LogP contribution in [0.3, 0.4) is 0 Å². The summed E-state index contributed by atoms with van der Waals surface area (Å²) in [6, 6.07) is 0. The molecule has 2 aliphatic rings. The van der Waals surface area contributed by atoms with Gasteiger partial charge in [0.1, 0.15) is 5.01 Å². The molecule has 0 amide bonds. The normalized spacial score (nSPS) is 21.5. The Morgan fingerprint density at radius 2 is 2.30 bits per heavy atom. The van der Waals surface area contributed by atoms with Gasteiger partial charge in [-0.2, -0.15) is 5.10 Å². The van der Waals surface area contributed by atoms with Gasteiger partial charge in [0.2, 0.25) is 0 Å². The van der Waals surface area contributed by atoms with E-state index in [4.69, 9.17) is 9.84 Å². The van der Waals surface area contributed by atoms with Crippen molar-refractivity contribution in [1.82, 2.24) is 19.7 Å². The number of aromatic nitrogens is 3. The van der Waals surface area contributed by atoms with Crippen LogP contribution in [0.25, 0.3) is 0 Å². The van der Waals surface area contributed by atoms with Gasteiger partial charge >= 0.3 is 0 Å². The molecule has 1 aliphatic heterocycles. The van der Waals surface area contributed by atoms with Crippen LogP contribution in [-0.4, -0.2) is 39.4 Å². The molecule has 3 heterocycles. The third-order valence-electron chi connectivity index (χ3n) is 4.67. The molecule has 4 rings (SSSR count). The van der Waals surface area contributed by atoms with Gasteiger partial charge in [-0.15, -0.1) is 11.3 Å². The lowest BCUT2D eigenvalue weighted by molar-refractivity contribution is 0.105. The Morgan fingerprint density at radius 1 is 1.39 bits per heavy atom. The SMILES string of the molecule is CCOC[C@@H]1CN(Cc2nccs2)Cc2nn(CC3CC3)cc21. The van der Waals surface area contributed by atoms with E-state index in [2.05, 4.69) is 27.7 Å². The van der Waals surface area contributed by atoms with E-state index >= 15 is 0 Å². The first-order valence-electron chi connectivity index (χ1n) is 8.56. The van der Waals surface area contributed by atoms with Crippen LogP contribution >= 0.6 is 11.3 Å². The van der Waals surface area contributed by atoms with E-state index in [-0.39, 0.29) is 0 Å². The Hall–Kier alpha value is -1.24. The minimum atomic E-state index is 0.423. The molecule has 6 heteroatoms. The lowest BCUT2D eigenvalue weighted by Gasteiger charge is -2.31. The highest BCUT2D eigenvalue weighted by molar-refractivity contribution is 7.09. The molecule has 0 saturated heterocycles. The van der Waals surface area contributed by atoms with Gasteiger partial charge in [0.15, 0.2) is 0 Å². The summed E-state index contributed by atoms with van der Waals surface area (Å²) >= 11 is 1.73. The topological polar surface area (TPSA) is 43.2 Å². The van der Waals surface area contributed by atoms with E-state index in [0.29, 0.717) is 5.92 Å². The molecular formula is C17H24N4OS. The quantitative estimate of drug-likeness (QED) is 0.782. The average Bonchev–Trinajstić information content (AvgIpc) is 3.04. The molecule has 0 spiro atoms. The highest BCUT2D eigenvalue weighted by atomic mass is 32.1. The van der Waals surface area contributed by atoms with E-state index in [0.717, 1.165) is 45.3 Å². The first-order valence-corrected chi connectivity index (χ1v) is 9.44. The molecule has 0 radical (unpaired) electrons. The Morgan fingerprint density at radius 3 is 3.04 bits per heavy atom. The van der Waals surface area contributed by atoms with Crippen molar-refractivity contribution in [1.29, 1.82) is 0 Å². The van der Waals surface area contributed by atoms with Crippen LogP contribution in [0, 0.1) is 5.92 Å². The van der Waals surface area contributed by atoms with Crippen molar-refractivity contribution in [2.24, 2.45) is 5.92 Å². The smallest absolute Gasteiger partial charge is 0.107 e. The average molecular weight is 332 g/mol. The third kappa shape index (κ3) is 3.65. The number of fused-ring (bicyclic) bond motifs is 1. The summed E-state index contributed by atoms with van der Waals surface area (Å²) in [7, 11) is 0.